The van der Waals surface area contributed by atoms with Gasteiger partial charge in [-0.25, -0.2) is 0 Å². The SMILES string of the molecule is COCCNC(=O)CN(C)C(=O)/C=C/c1ccc(Cl)c(Cl)c1. The summed E-state index contributed by atoms with van der Waals surface area (Å²) in [7, 11) is 3.10. The molecule has 1 rings (SSSR count). The van der Waals surface area contributed by atoms with Crippen molar-refractivity contribution in [1.29, 1.82) is 0 Å². The summed E-state index contributed by atoms with van der Waals surface area (Å²) < 4.78 is 4.82. The number of methoxy groups -OCH3 is 1. The molecule has 0 spiro atoms. The maximum absolute atomic E-state index is 11.9. The number of hydrogen-bond donors (Lipinski definition) is 1. The van der Waals surface area contributed by atoms with E-state index in [0.29, 0.717) is 23.2 Å². The Balaban J connectivity index is 2.51. The quantitative estimate of drug-likeness (QED) is 0.609. The number of benzene rings is 1. The van der Waals surface area contributed by atoms with Gasteiger partial charge in [0, 0.05) is 26.8 Å². The highest BCUT2D eigenvalue weighted by Gasteiger charge is 2.09. The Hall–Kier alpha value is -1.56. The molecule has 0 aliphatic heterocycles. The van der Waals surface area contributed by atoms with Crippen LogP contribution in [0, 0.1) is 0 Å². The van der Waals surface area contributed by atoms with Crippen LogP contribution in [-0.4, -0.2) is 50.6 Å². The molecule has 5 nitrogen and oxygen atoms in total. The Kier molecular flexibility index (Phi) is 7.95. The third kappa shape index (κ3) is 6.47. The molecule has 120 valence electrons. The van der Waals surface area contributed by atoms with Gasteiger partial charge in [-0.3, -0.25) is 9.59 Å². The highest BCUT2D eigenvalue weighted by Crippen LogP contribution is 2.23. The first kappa shape index (κ1) is 18.5. The van der Waals surface area contributed by atoms with Gasteiger partial charge in [-0.15, -0.1) is 0 Å². The second kappa shape index (κ2) is 9.46. The van der Waals surface area contributed by atoms with E-state index < -0.39 is 0 Å². The first-order valence-corrected chi connectivity index (χ1v) is 7.33. The molecule has 22 heavy (non-hydrogen) atoms. The van der Waals surface area contributed by atoms with Crippen LogP contribution in [0.4, 0.5) is 0 Å². The van der Waals surface area contributed by atoms with Gasteiger partial charge >= 0.3 is 0 Å². The van der Waals surface area contributed by atoms with Crippen LogP contribution in [-0.2, 0) is 14.3 Å². The van der Waals surface area contributed by atoms with Crippen molar-refractivity contribution in [2.45, 2.75) is 0 Å². The molecule has 0 fully saturated rings. The predicted molar refractivity (Wildman–Crippen MR) is 88.0 cm³/mol. The van der Waals surface area contributed by atoms with Crippen molar-refractivity contribution in [1.82, 2.24) is 10.2 Å². The van der Waals surface area contributed by atoms with Crippen LogP contribution in [0.15, 0.2) is 24.3 Å². The van der Waals surface area contributed by atoms with Crippen molar-refractivity contribution in [2.24, 2.45) is 0 Å². The van der Waals surface area contributed by atoms with Gasteiger partial charge in [-0.05, 0) is 23.8 Å². The second-order valence-corrected chi connectivity index (χ2v) is 5.36. The van der Waals surface area contributed by atoms with Gasteiger partial charge in [0.2, 0.25) is 11.8 Å². The Morgan fingerprint density at radius 2 is 2.05 bits per heavy atom. The molecule has 0 heterocycles. The lowest BCUT2D eigenvalue weighted by Crippen LogP contribution is -2.38. The largest absolute Gasteiger partial charge is 0.383 e. The van der Waals surface area contributed by atoms with Crippen LogP contribution >= 0.6 is 23.2 Å². The Morgan fingerprint density at radius 3 is 2.68 bits per heavy atom. The molecule has 0 unspecified atom stereocenters. The number of halogens is 2. The van der Waals surface area contributed by atoms with E-state index in [0.717, 1.165) is 5.56 Å². The smallest absolute Gasteiger partial charge is 0.246 e. The third-order valence-corrected chi connectivity index (χ3v) is 3.49. The molecular formula is C15H18Cl2N2O3. The van der Waals surface area contributed by atoms with Crippen LogP contribution in [0.2, 0.25) is 10.0 Å². The molecule has 7 heteroatoms. The van der Waals surface area contributed by atoms with Crippen molar-refractivity contribution in [3.05, 3.63) is 39.9 Å². The van der Waals surface area contributed by atoms with Gasteiger partial charge < -0.3 is 15.0 Å². The molecule has 1 aromatic carbocycles. The minimum atomic E-state index is -0.284. The number of nitrogens with one attached hydrogen (secondary N) is 1. The summed E-state index contributed by atoms with van der Waals surface area (Å²) in [5, 5.41) is 3.52. The van der Waals surface area contributed by atoms with Crippen molar-refractivity contribution in [3.8, 4) is 0 Å². The van der Waals surface area contributed by atoms with Crippen LogP contribution in [0.1, 0.15) is 5.56 Å². The second-order valence-electron chi connectivity index (χ2n) is 4.54. The normalized spacial score (nSPS) is 10.7. The number of ether oxygens (including phenoxy) is 1. The van der Waals surface area contributed by atoms with E-state index in [9.17, 15) is 9.59 Å². The summed E-state index contributed by atoms with van der Waals surface area (Å²) in [6, 6.07) is 5.06. The first-order chi connectivity index (χ1) is 10.4. The Labute approximate surface area is 139 Å². The lowest BCUT2D eigenvalue weighted by atomic mass is 10.2. The molecule has 2 amide bonds. The average Bonchev–Trinajstić information content (AvgIpc) is 2.48. The molecule has 0 aliphatic carbocycles. The van der Waals surface area contributed by atoms with Crippen LogP contribution in [0.3, 0.4) is 0 Å². The summed E-state index contributed by atoms with van der Waals surface area (Å²) in [5.74, 6) is -0.524. The van der Waals surface area contributed by atoms with Crippen LogP contribution in [0.25, 0.3) is 6.08 Å². The van der Waals surface area contributed by atoms with Gasteiger partial charge in [0.15, 0.2) is 0 Å². The molecular weight excluding hydrogens is 327 g/mol. The highest BCUT2D eigenvalue weighted by molar-refractivity contribution is 6.42. The van der Waals surface area contributed by atoms with Gasteiger partial charge in [-0.2, -0.15) is 0 Å². The van der Waals surface area contributed by atoms with E-state index in [1.54, 1.807) is 38.4 Å². The van der Waals surface area contributed by atoms with E-state index in [1.807, 2.05) is 0 Å². The first-order valence-electron chi connectivity index (χ1n) is 6.58. The van der Waals surface area contributed by atoms with Crippen molar-refractivity contribution < 1.29 is 14.3 Å². The summed E-state index contributed by atoms with van der Waals surface area (Å²) in [4.78, 5) is 24.8. The summed E-state index contributed by atoms with van der Waals surface area (Å²) >= 11 is 11.7. The Morgan fingerprint density at radius 1 is 1.32 bits per heavy atom. The van der Waals surface area contributed by atoms with Gasteiger partial charge in [0.05, 0.1) is 23.2 Å². The van der Waals surface area contributed by atoms with E-state index in [1.165, 1.54) is 11.0 Å². The topological polar surface area (TPSA) is 58.6 Å². The molecule has 0 atom stereocenters. The summed E-state index contributed by atoms with van der Waals surface area (Å²) in [6.45, 7) is 0.825. The van der Waals surface area contributed by atoms with Crippen molar-refractivity contribution >= 4 is 41.1 Å². The molecule has 0 aliphatic rings. The monoisotopic (exact) mass is 344 g/mol. The highest BCUT2D eigenvalue weighted by atomic mass is 35.5. The molecule has 1 N–H and O–H groups in total. The number of likely N-dealkylation sites (N-methyl/N-ethyl adjacent to an activating group) is 1. The van der Waals surface area contributed by atoms with Gasteiger partial charge in [-0.1, -0.05) is 29.3 Å². The van der Waals surface area contributed by atoms with Crippen LogP contribution < -0.4 is 5.32 Å². The third-order valence-electron chi connectivity index (χ3n) is 2.75. The lowest BCUT2D eigenvalue weighted by molar-refractivity contribution is -0.131. The fourth-order valence-corrected chi connectivity index (χ4v) is 1.86. The molecule has 0 radical (unpaired) electrons. The molecule has 0 saturated carbocycles. The maximum atomic E-state index is 11.9. The van der Waals surface area contributed by atoms with Crippen LogP contribution in [0.5, 0.6) is 0 Å². The zero-order valence-electron chi connectivity index (χ0n) is 12.4. The Bertz CT molecular complexity index is 562. The van der Waals surface area contributed by atoms with Crippen molar-refractivity contribution in [3.63, 3.8) is 0 Å². The van der Waals surface area contributed by atoms with E-state index in [2.05, 4.69) is 5.32 Å². The number of rotatable bonds is 7. The standard InChI is InChI=1S/C15H18Cl2N2O3/c1-19(10-14(20)18-7-8-22-2)15(21)6-4-11-3-5-12(16)13(17)9-11/h3-6,9H,7-8,10H2,1-2H3,(H,18,20)/b6-4+. The molecule has 0 saturated heterocycles. The molecule has 0 aromatic heterocycles. The van der Waals surface area contributed by atoms with Gasteiger partial charge in [0.25, 0.3) is 0 Å². The minimum Gasteiger partial charge on any atom is -0.383 e. The van der Waals surface area contributed by atoms with E-state index in [4.69, 9.17) is 27.9 Å². The number of carbonyl (C=O) groups is 2. The fourth-order valence-electron chi connectivity index (χ4n) is 1.55. The minimum absolute atomic E-state index is 0.0196. The fraction of sp³-hybridized carbons (Fsp3) is 0.333. The number of hydrogen-bond acceptors (Lipinski definition) is 3. The van der Waals surface area contributed by atoms with Gasteiger partial charge in [0.1, 0.15) is 0 Å². The predicted octanol–water partition coefficient (Wildman–Crippen LogP) is 2.23. The number of nitrogens with zero attached hydrogens (tertiary/aromatic N) is 1. The summed E-state index contributed by atoms with van der Waals surface area (Å²) in [5.41, 5.74) is 0.751. The molecule has 1 aromatic rings. The maximum Gasteiger partial charge on any atom is 0.246 e. The average molecular weight is 345 g/mol. The zero-order chi connectivity index (χ0) is 16.5. The van der Waals surface area contributed by atoms with E-state index >= 15 is 0 Å². The zero-order valence-corrected chi connectivity index (χ0v) is 13.9. The number of amides is 2. The van der Waals surface area contributed by atoms with E-state index in [-0.39, 0.29) is 18.4 Å². The lowest BCUT2D eigenvalue weighted by Gasteiger charge is -2.14. The molecule has 0 bridgehead atoms. The summed E-state index contributed by atoms with van der Waals surface area (Å²) in [6.07, 6.45) is 2.99. The van der Waals surface area contributed by atoms with Crippen molar-refractivity contribution in [2.75, 3.05) is 33.9 Å². The number of carbonyl (C=O) groups excluding carboxylic acids is 2.